The molecule has 152 valence electrons. The van der Waals surface area contributed by atoms with E-state index in [1.54, 1.807) is 29.7 Å². The van der Waals surface area contributed by atoms with Crippen molar-refractivity contribution in [2.45, 2.75) is 27.3 Å². The Morgan fingerprint density at radius 3 is 2.67 bits per heavy atom. The predicted molar refractivity (Wildman–Crippen MR) is 114 cm³/mol. The molecule has 0 aliphatic heterocycles. The van der Waals surface area contributed by atoms with Crippen LogP contribution in [0.4, 0.5) is 0 Å². The van der Waals surface area contributed by atoms with Gasteiger partial charge in [-0.2, -0.15) is 0 Å². The lowest BCUT2D eigenvalue weighted by molar-refractivity contribution is 0.0475. The first-order chi connectivity index (χ1) is 14.4. The van der Waals surface area contributed by atoms with Crippen molar-refractivity contribution in [2.24, 2.45) is 0 Å². The lowest BCUT2D eigenvalue weighted by Gasteiger charge is -2.10. The molecule has 7 nitrogen and oxygen atoms in total. The highest BCUT2D eigenvalue weighted by atomic mass is 16.5. The van der Waals surface area contributed by atoms with Gasteiger partial charge in [-0.15, -0.1) is 0 Å². The fourth-order valence-corrected chi connectivity index (χ4v) is 3.74. The summed E-state index contributed by atoms with van der Waals surface area (Å²) >= 11 is 0. The molecular weight excluding hydrogens is 382 g/mol. The van der Waals surface area contributed by atoms with Gasteiger partial charge in [0.05, 0.1) is 16.6 Å². The summed E-state index contributed by atoms with van der Waals surface area (Å²) < 4.78 is 6.89. The van der Waals surface area contributed by atoms with Crippen LogP contribution >= 0.6 is 0 Å². The van der Waals surface area contributed by atoms with Crippen LogP contribution in [0.3, 0.4) is 0 Å². The van der Waals surface area contributed by atoms with Gasteiger partial charge in [0.15, 0.2) is 6.61 Å². The number of nitrogens with zero attached hydrogens (tertiary/aromatic N) is 2. The maximum absolute atomic E-state index is 12.7. The van der Waals surface area contributed by atoms with Crippen LogP contribution < -0.4 is 5.56 Å². The van der Waals surface area contributed by atoms with Gasteiger partial charge in [-0.1, -0.05) is 18.2 Å². The van der Waals surface area contributed by atoms with Gasteiger partial charge >= 0.3 is 5.97 Å². The normalized spacial score (nSPS) is 11.2. The minimum absolute atomic E-state index is 0.153. The van der Waals surface area contributed by atoms with E-state index in [0.29, 0.717) is 28.8 Å². The average Bonchev–Trinajstić information content (AvgIpc) is 3.08. The third kappa shape index (κ3) is 3.28. The fraction of sp³-hybridized carbons (Fsp3) is 0.217. The lowest BCUT2D eigenvalue weighted by atomic mass is 10.1. The number of aromatic nitrogens is 3. The van der Waals surface area contributed by atoms with Crippen LogP contribution in [0.1, 0.15) is 39.0 Å². The molecule has 30 heavy (non-hydrogen) atoms. The Morgan fingerprint density at radius 2 is 1.90 bits per heavy atom. The van der Waals surface area contributed by atoms with E-state index in [9.17, 15) is 14.4 Å². The zero-order valence-electron chi connectivity index (χ0n) is 17.0. The van der Waals surface area contributed by atoms with Crippen LogP contribution in [0.25, 0.3) is 21.9 Å². The monoisotopic (exact) mass is 403 g/mol. The van der Waals surface area contributed by atoms with E-state index >= 15 is 0 Å². The van der Waals surface area contributed by atoms with Crippen LogP contribution in [0.15, 0.2) is 47.3 Å². The molecule has 0 amide bonds. The van der Waals surface area contributed by atoms with Gasteiger partial charge in [-0.05, 0) is 45.0 Å². The zero-order chi connectivity index (χ0) is 21.4. The van der Waals surface area contributed by atoms with Gasteiger partial charge < -0.3 is 14.3 Å². The second-order valence-electron chi connectivity index (χ2n) is 7.12. The summed E-state index contributed by atoms with van der Waals surface area (Å²) in [5, 5.41) is 0.805. The molecule has 2 aromatic carbocycles. The highest BCUT2D eigenvalue weighted by Crippen LogP contribution is 2.22. The molecule has 4 aromatic rings. The quantitative estimate of drug-likeness (QED) is 0.406. The summed E-state index contributed by atoms with van der Waals surface area (Å²) in [4.78, 5) is 44.9. The van der Waals surface area contributed by atoms with E-state index in [4.69, 9.17) is 4.74 Å². The van der Waals surface area contributed by atoms with Crippen molar-refractivity contribution < 1.29 is 14.3 Å². The Morgan fingerprint density at radius 1 is 1.13 bits per heavy atom. The molecule has 4 rings (SSSR count). The van der Waals surface area contributed by atoms with Gasteiger partial charge in [0.2, 0.25) is 5.78 Å². The van der Waals surface area contributed by atoms with E-state index in [1.807, 2.05) is 38.1 Å². The van der Waals surface area contributed by atoms with Crippen molar-refractivity contribution in [1.29, 1.82) is 0 Å². The maximum Gasteiger partial charge on any atom is 0.338 e. The summed E-state index contributed by atoms with van der Waals surface area (Å²) in [6.45, 7) is 5.48. The first-order valence-electron chi connectivity index (χ1n) is 9.69. The Hall–Kier alpha value is -3.74. The number of para-hydroxylation sites is 1. The number of carbonyl (C=O) groups is 2. The second kappa shape index (κ2) is 7.59. The minimum Gasteiger partial charge on any atom is -0.454 e. The molecule has 2 heterocycles. The summed E-state index contributed by atoms with van der Waals surface area (Å²) in [6.07, 6.45) is 0. The van der Waals surface area contributed by atoms with Crippen molar-refractivity contribution in [1.82, 2.24) is 14.5 Å². The molecule has 0 aliphatic rings. The Labute approximate surface area is 172 Å². The van der Waals surface area contributed by atoms with Crippen molar-refractivity contribution >= 4 is 33.7 Å². The Balaban J connectivity index is 1.57. The predicted octanol–water partition coefficient (Wildman–Crippen LogP) is 3.55. The molecule has 0 atom stereocenters. The molecule has 2 aromatic heterocycles. The van der Waals surface area contributed by atoms with Crippen molar-refractivity contribution in [2.75, 3.05) is 6.61 Å². The number of benzene rings is 2. The molecule has 0 radical (unpaired) electrons. The van der Waals surface area contributed by atoms with Crippen molar-refractivity contribution in [3.8, 4) is 0 Å². The molecule has 0 saturated heterocycles. The summed E-state index contributed by atoms with van der Waals surface area (Å²) in [7, 11) is 0. The molecule has 0 fully saturated rings. The van der Waals surface area contributed by atoms with Crippen LogP contribution in [0, 0.1) is 13.8 Å². The van der Waals surface area contributed by atoms with E-state index < -0.39 is 5.97 Å². The third-order valence-electron chi connectivity index (χ3n) is 5.17. The smallest absolute Gasteiger partial charge is 0.338 e. The number of aryl methyl sites for hydroxylation is 3. The van der Waals surface area contributed by atoms with Gasteiger partial charge in [0.1, 0.15) is 5.69 Å². The zero-order valence-corrected chi connectivity index (χ0v) is 17.0. The topological polar surface area (TPSA) is 94.0 Å². The van der Waals surface area contributed by atoms with E-state index in [0.717, 1.165) is 16.6 Å². The van der Waals surface area contributed by atoms with Gasteiger partial charge in [0, 0.05) is 28.7 Å². The number of fused-ring (bicyclic) bond motifs is 2. The minimum atomic E-state index is -0.614. The number of esters is 1. The lowest BCUT2D eigenvalue weighted by Crippen LogP contribution is -2.23. The van der Waals surface area contributed by atoms with Gasteiger partial charge in [-0.25, -0.2) is 9.78 Å². The summed E-state index contributed by atoms with van der Waals surface area (Å²) in [5.74, 6) is -0.885. The number of aromatic amines is 1. The van der Waals surface area contributed by atoms with Gasteiger partial charge in [-0.3, -0.25) is 9.59 Å². The first-order valence-corrected chi connectivity index (χ1v) is 9.69. The molecule has 0 bridgehead atoms. The van der Waals surface area contributed by atoms with Crippen LogP contribution in [0.5, 0.6) is 0 Å². The van der Waals surface area contributed by atoms with Crippen molar-refractivity contribution in [3.05, 3.63) is 75.3 Å². The highest BCUT2D eigenvalue weighted by Gasteiger charge is 2.18. The molecule has 7 heteroatoms. The van der Waals surface area contributed by atoms with E-state index in [2.05, 4.69) is 9.97 Å². The van der Waals surface area contributed by atoms with Crippen LogP contribution in [-0.4, -0.2) is 32.9 Å². The summed E-state index contributed by atoms with van der Waals surface area (Å²) in [5.41, 5.74) is 3.79. The van der Waals surface area contributed by atoms with E-state index in [1.165, 1.54) is 0 Å². The second-order valence-corrected chi connectivity index (χ2v) is 7.12. The summed E-state index contributed by atoms with van der Waals surface area (Å²) in [6, 6.07) is 12.3. The average molecular weight is 403 g/mol. The number of ether oxygens (including phenoxy) is 1. The van der Waals surface area contributed by atoms with Crippen LogP contribution in [0.2, 0.25) is 0 Å². The van der Waals surface area contributed by atoms with Gasteiger partial charge in [0.25, 0.3) is 5.56 Å². The number of carbonyl (C=O) groups excluding carboxylic acids is 2. The number of H-pyrrole nitrogens is 1. The number of hydrogen-bond acceptors (Lipinski definition) is 5. The molecule has 1 N–H and O–H groups in total. The van der Waals surface area contributed by atoms with Crippen molar-refractivity contribution in [3.63, 3.8) is 0 Å². The number of Topliss-reactive ketones (excluding diaryl/α,β-unsaturated/α-hetero) is 1. The Bertz CT molecular complexity index is 1360. The number of rotatable bonds is 5. The third-order valence-corrected chi connectivity index (χ3v) is 5.17. The maximum atomic E-state index is 12.7. The standard InChI is InChI=1S/C23H21N3O4/c1-4-26-19-10-9-15(11-18(19)25-14(3)22(26)28)23(29)30-12-20(27)21-13(2)24-17-8-6-5-7-16(17)21/h5-11,24H,4,12H2,1-3H3. The van der Waals surface area contributed by atoms with E-state index in [-0.39, 0.29) is 23.5 Å². The molecule has 0 spiro atoms. The van der Waals surface area contributed by atoms with Crippen LogP contribution in [-0.2, 0) is 11.3 Å². The largest absolute Gasteiger partial charge is 0.454 e. The first kappa shape index (κ1) is 19.6. The molecular formula is C23H21N3O4. The molecule has 0 unspecified atom stereocenters. The number of nitrogens with one attached hydrogen (secondary N) is 1. The fourth-order valence-electron chi connectivity index (χ4n) is 3.74. The number of ketones is 1. The number of hydrogen-bond donors (Lipinski definition) is 1. The SMILES string of the molecule is CCn1c(=O)c(C)nc2cc(C(=O)OCC(=O)c3c(C)[nH]c4ccccc34)ccc21. The Kier molecular flexibility index (Phi) is 4.95. The molecule has 0 aliphatic carbocycles. The molecule has 0 saturated carbocycles. The highest BCUT2D eigenvalue weighted by molar-refractivity contribution is 6.10.